The summed E-state index contributed by atoms with van der Waals surface area (Å²) in [5.41, 5.74) is 0. The summed E-state index contributed by atoms with van der Waals surface area (Å²) < 4.78 is 0. The molecule has 3 amide bonds. The van der Waals surface area contributed by atoms with Crippen LogP contribution in [0.1, 0.15) is 6.92 Å². The van der Waals surface area contributed by atoms with E-state index in [1.165, 1.54) is 18.3 Å². The molecular formula is C9H16N3O5PS. The number of carbonyl (C=O) groups excluding carboxylic acids is 3. The van der Waals surface area contributed by atoms with E-state index in [-0.39, 0.29) is 18.2 Å². The van der Waals surface area contributed by atoms with Gasteiger partial charge in [0.25, 0.3) is 0 Å². The van der Waals surface area contributed by atoms with Crippen LogP contribution in [0.2, 0.25) is 0 Å². The van der Waals surface area contributed by atoms with Gasteiger partial charge in [-0.05, 0) is 6.92 Å². The third kappa shape index (κ3) is 9.26. The van der Waals surface area contributed by atoms with E-state index in [1.54, 1.807) is 0 Å². The van der Waals surface area contributed by atoms with Crippen molar-refractivity contribution >= 4 is 43.5 Å². The number of aliphatic carboxylic acids is 1. The third-order valence-corrected chi connectivity index (χ3v) is 2.77. The Bertz CT molecular complexity index is 366. The molecule has 0 fully saturated rings. The van der Waals surface area contributed by atoms with E-state index in [2.05, 4.69) is 24.4 Å². The minimum atomic E-state index is -1.17. The van der Waals surface area contributed by atoms with Crippen LogP contribution in [0.3, 0.4) is 0 Å². The smallest absolute Gasteiger partial charge is 0.322 e. The second-order valence-electron chi connectivity index (χ2n) is 3.49. The van der Waals surface area contributed by atoms with Crippen molar-refractivity contribution in [2.24, 2.45) is 0 Å². The highest BCUT2D eigenvalue weighted by molar-refractivity contribution is 8.44. The Morgan fingerprint density at radius 2 is 1.79 bits per heavy atom. The van der Waals surface area contributed by atoms with Gasteiger partial charge in [-0.3, -0.25) is 19.2 Å². The maximum absolute atomic E-state index is 11.5. The van der Waals surface area contributed by atoms with Crippen LogP contribution in [0.5, 0.6) is 0 Å². The molecule has 2 atom stereocenters. The number of rotatable bonds is 8. The molecule has 2 unspecified atom stereocenters. The predicted molar refractivity (Wildman–Crippen MR) is 73.4 cm³/mol. The molecule has 0 aliphatic heterocycles. The number of amides is 3. The Balaban J connectivity index is 3.93. The largest absolute Gasteiger partial charge is 0.480 e. The first-order chi connectivity index (χ1) is 8.86. The minimum absolute atomic E-state index is 0.210. The SMILES string of the molecule is CC(NC(=O)CSP)C(=O)NCC(=O)NCC(=O)O. The molecule has 10 heteroatoms. The van der Waals surface area contributed by atoms with Gasteiger partial charge in [0.1, 0.15) is 12.6 Å². The normalized spacial score (nSPS) is 11.3. The van der Waals surface area contributed by atoms with Gasteiger partial charge in [0.2, 0.25) is 17.7 Å². The Kier molecular flexibility index (Phi) is 8.90. The van der Waals surface area contributed by atoms with Crippen LogP contribution < -0.4 is 16.0 Å². The third-order valence-electron chi connectivity index (χ3n) is 1.85. The van der Waals surface area contributed by atoms with E-state index in [4.69, 9.17) is 5.11 Å². The first kappa shape index (κ1) is 17.7. The van der Waals surface area contributed by atoms with Gasteiger partial charge in [-0.25, -0.2) is 0 Å². The van der Waals surface area contributed by atoms with Gasteiger partial charge in [0.05, 0.1) is 12.3 Å². The molecule has 0 aromatic rings. The van der Waals surface area contributed by atoms with Crippen LogP contribution in [0.25, 0.3) is 0 Å². The monoisotopic (exact) mass is 309 g/mol. The van der Waals surface area contributed by atoms with Gasteiger partial charge in [0.15, 0.2) is 0 Å². The van der Waals surface area contributed by atoms with Crippen molar-refractivity contribution in [2.75, 3.05) is 18.8 Å². The number of carbonyl (C=O) groups is 4. The van der Waals surface area contributed by atoms with Crippen molar-refractivity contribution in [3.8, 4) is 0 Å². The Morgan fingerprint density at radius 3 is 2.32 bits per heavy atom. The molecule has 0 rings (SSSR count). The second-order valence-corrected chi connectivity index (χ2v) is 5.11. The summed E-state index contributed by atoms with van der Waals surface area (Å²) >= 11 is 1.24. The van der Waals surface area contributed by atoms with Crippen molar-refractivity contribution in [1.29, 1.82) is 0 Å². The summed E-state index contributed by atoms with van der Waals surface area (Å²) in [7, 11) is 2.32. The summed E-state index contributed by atoms with van der Waals surface area (Å²) in [5, 5.41) is 15.1. The van der Waals surface area contributed by atoms with Crippen molar-refractivity contribution in [1.82, 2.24) is 16.0 Å². The van der Waals surface area contributed by atoms with Crippen molar-refractivity contribution in [3.05, 3.63) is 0 Å². The molecule has 4 N–H and O–H groups in total. The molecule has 0 aliphatic carbocycles. The quantitative estimate of drug-likeness (QED) is 0.397. The maximum Gasteiger partial charge on any atom is 0.322 e. The number of nitrogens with one attached hydrogen (secondary N) is 3. The fraction of sp³-hybridized carbons (Fsp3) is 0.556. The van der Waals surface area contributed by atoms with Crippen molar-refractivity contribution < 1.29 is 24.3 Å². The fourth-order valence-corrected chi connectivity index (χ4v) is 1.67. The van der Waals surface area contributed by atoms with Gasteiger partial charge in [-0.15, -0.1) is 11.4 Å². The van der Waals surface area contributed by atoms with Crippen molar-refractivity contribution in [2.45, 2.75) is 13.0 Å². The van der Waals surface area contributed by atoms with Gasteiger partial charge in [-0.2, -0.15) is 0 Å². The van der Waals surface area contributed by atoms with E-state index in [0.717, 1.165) is 0 Å². The zero-order chi connectivity index (χ0) is 14.8. The van der Waals surface area contributed by atoms with E-state index < -0.39 is 30.4 Å². The lowest BCUT2D eigenvalue weighted by atomic mass is 10.3. The Labute approximate surface area is 116 Å². The molecule has 0 radical (unpaired) electrons. The van der Waals surface area contributed by atoms with Crippen LogP contribution in [0.4, 0.5) is 0 Å². The molecule has 0 spiro atoms. The van der Waals surface area contributed by atoms with Crippen LogP contribution in [0, 0.1) is 0 Å². The molecule has 0 bridgehead atoms. The van der Waals surface area contributed by atoms with Crippen LogP contribution >= 0.6 is 19.8 Å². The Hall–Kier alpha value is -1.34. The first-order valence-electron chi connectivity index (χ1n) is 5.24. The minimum Gasteiger partial charge on any atom is -0.480 e. The summed E-state index contributed by atoms with van der Waals surface area (Å²) in [6.07, 6.45) is 0. The standard InChI is InChI=1S/C9H16N3O5PS/c1-5(12-7(14)4-19-18)9(17)11-2-6(13)10-3-8(15)16/h5H,2-4,18H2,1H3,(H,10,13)(H,11,17)(H,12,14)(H,15,16). The number of hydrogen-bond donors (Lipinski definition) is 4. The second kappa shape index (κ2) is 9.57. The highest BCUT2D eigenvalue weighted by atomic mass is 32.7. The van der Waals surface area contributed by atoms with Gasteiger partial charge >= 0.3 is 5.97 Å². The summed E-state index contributed by atoms with van der Waals surface area (Å²) in [6, 6.07) is -0.767. The molecule has 0 saturated carbocycles. The van der Waals surface area contributed by atoms with E-state index in [9.17, 15) is 19.2 Å². The summed E-state index contributed by atoms with van der Waals surface area (Å²) in [6.45, 7) is 0.632. The topological polar surface area (TPSA) is 125 Å². The molecule has 0 aromatic carbocycles. The number of carboxylic acids is 1. The Morgan fingerprint density at radius 1 is 1.16 bits per heavy atom. The number of hydrogen-bond acceptors (Lipinski definition) is 5. The zero-order valence-electron chi connectivity index (χ0n) is 10.3. The molecule has 0 heterocycles. The molecule has 8 nitrogen and oxygen atoms in total. The molecule has 0 aliphatic rings. The van der Waals surface area contributed by atoms with Gasteiger partial charge in [0, 0.05) is 0 Å². The molecule has 0 aromatic heterocycles. The lowest BCUT2D eigenvalue weighted by Crippen LogP contribution is -2.48. The van der Waals surface area contributed by atoms with Crippen LogP contribution in [-0.2, 0) is 19.2 Å². The lowest BCUT2D eigenvalue weighted by molar-refractivity contribution is -0.137. The van der Waals surface area contributed by atoms with E-state index in [0.29, 0.717) is 0 Å². The highest BCUT2D eigenvalue weighted by Crippen LogP contribution is 2.08. The van der Waals surface area contributed by atoms with E-state index in [1.807, 2.05) is 0 Å². The number of carboxylic acid groups (broad SMARTS) is 1. The first-order valence-corrected chi connectivity index (χ1v) is 7.70. The lowest BCUT2D eigenvalue weighted by Gasteiger charge is -2.13. The fourth-order valence-electron chi connectivity index (χ4n) is 0.982. The summed E-state index contributed by atoms with van der Waals surface area (Å²) in [4.78, 5) is 44.0. The predicted octanol–water partition coefficient (Wildman–Crippen LogP) is -1.67. The highest BCUT2D eigenvalue weighted by Gasteiger charge is 2.15. The average molecular weight is 309 g/mol. The zero-order valence-corrected chi connectivity index (χ0v) is 12.2. The van der Waals surface area contributed by atoms with Crippen LogP contribution in [0.15, 0.2) is 0 Å². The van der Waals surface area contributed by atoms with Crippen LogP contribution in [-0.4, -0.2) is 53.7 Å². The molecule has 108 valence electrons. The maximum atomic E-state index is 11.5. The van der Waals surface area contributed by atoms with E-state index >= 15 is 0 Å². The molecule has 19 heavy (non-hydrogen) atoms. The van der Waals surface area contributed by atoms with Crippen molar-refractivity contribution in [3.63, 3.8) is 0 Å². The molecular weight excluding hydrogens is 293 g/mol. The molecule has 0 saturated heterocycles. The average Bonchev–Trinajstić information content (AvgIpc) is 2.33. The van der Waals surface area contributed by atoms with Gasteiger partial charge in [-0.1, -0.05) is 8.44 Å². The summed E-state index contributed by atoms with van der Waals surface area (Å²) in [5.74, 6) is -2.39. The van der Waals surface area contributed by atoms with Gasteiger partial charge < -0.3 is 21.1 Å².